The molecule has 6 nitrogen and oxygen atoms in total. The molecule has 0 aromatic carbocycles. The number of rotatable bonds is 2. The second kappa shape index (κ2) is 3.54. The molecule has 8 heteroatoms. The smallest absolute Gasteiger partial charge is 0.409 e. The van der Waals surface area contributed by atoms with Crippen LogP contribution in [0.4, 0.5) is 9.80 Å². The summed E-state index contributed by atoms with van der Waals surface area (Å²) in [6.07, 6.45) is -1.27. The molecule has 70 valence electrons. The number of H-pyrrole nitrogens is 1. The van der Waals surface area contributed by atoms with Gasteiger partial charge in [0.1, 0.15) is 15.2 Å². The largest absolute Gasteiger partial charge is 0.465 e. The average Bonchev–Trinajstić information content (AvgIpc) is 2.30. The van der Waals surface area contributed by atoms with Gasteiger partial charge in [0.05, 0.1) is 0 Å². The molecule has 0 atom stereocenters. The molecule has 0 radical (unpaired) electrons. The minimum Gasteiger partial charge on any atom is -0.465 e. The van der Waals surface area contributed by atoms with Crippen LogP contribution in [0.15, 0.2) is 0 Å². The quantitative estimate of drug-likeness (QED) is 0.556. The van der Waals surface area contributed by atoms with Crippen LogP contribution in [0.5, 0.6) is 0 Å². The molecular weight excluding hydrogens is 214 g/mol. The number of nitrogens with one attached hydrogen (secondary N) is 2. The summed E-state index contributed by atoms with van der Waals surface area (Å²) in [6, 6.07) is 0. The molecule has 0 saturated carbocycles. The Morgan fingerprint density at radius 3 is 2.69 bits per heavy atom. The summed E-state index contributed by atoms with van der Waals surface area (Å²) in [4.78, 5) is 21.0. The molecule has 5 N–H and O–H groups in total. The molecule has 0 saturated heterocycles. The third-order valence-electron chi connectivity index (χ3n) is 1.17. The Labute approximate surface area is 81.5 Å². The molecule has 1 heterocycles. The number of primary amides is 1. The Hall–Kier alpha value is -1.41. The van der Waals surface area contributed by atoms with E-state index in [0.717, 1.165) is 11.5 Å². The number of nitrogens with two attached hydrogens (primary N) is 1. The van der Waals surface area contributed by atoms with Gasteiger partial charge in [0, 0.05) is 0 Å². The molecule has 0 aliphatic rings. The maximum Gasteiger partial charge on any atom is 0.409 e. The van der Waals surface area contributed by atoms with Gasteiger partial charge in [-0.2, -0.15) is 0 Å². The van der Waals surface area contributed by atoms with E-state index in [1.165, 1.54) is 0 Å². The number of carbonyl (C=O) groups excluding carboxylic acids is 1. The minimum atomic E-state index is -1.27. The molecular formula is C5H5N3O3S2. The molecule has 13 heavy (non-hydrogen) atoms. The lowest BCUT2D eigenvalue weighted by Gasteiger charge is -1.96. The van der Waals surface area contributed by atoms with Gasteiger partial charge in [-0.05, 0) is 11.5 Å². The predicted octanol–water partition coefficient (Wildman–Crippen LogP) is 0.994. The van der Waals surface area contributed by atoms with Crippen LogP contribution in [0.2, 0.25) is 0 Å². The van der Waals surface area contributed by atoms with Crippen LogP contribution in [-0.2, 0) is 0 Å². The highest BCUT2D eigenvalue weighted by Gasteiger charge is 2.14. The Morgan fingerprint density at radius 2 is 2.23 bits per heavy atom. The summed E-state index contributed by atoms with van der Waals surface area (Å²) in [5.74, 6) is -0.758. The van der Waals surface area contributed by atoms with Crippen molar-refractivity contribution in [2.75, 3.05) is 5.32 Å². The number of amides is 2. The van der Waals surface area contributed by atoms with Crippen molar-refractivity contribution >= 4 is 40.8 Å². The first-order valence-corrected chi connectivity index (χ1v) is 4.26. The number of aromatic amines is 1. The normalized spacial score (nSPS) is 9.54. The summed E-state index contributed by atoms with van der Waals surface area (Å²) in [6.45, 7) is 0. The highest BCUT2D eigenvalue weighted by Crippen LogP contribution is 2.21. The standard InChI is InChI=1S/C5H5N3O3S2/c6-2(9)1-3(12)8-13-4(1)7-5(10)11/h7H,(H2,6,9)(H,8,12)(H,10,11). The maximum atomic E-state index is 10.8. The van der Waals surface area contributed by atoms with Crippen molar-refractivity contribution in [1.29, 1.82) is 0 Å². The first kappa shape index (κ1) is 9.68. The van der Waals surface area contributed by atoms with Crippen molar-refractivity contribution in [3.05, 3.63) is 10.2 Å². The van der Waals surface area contributed by atoms with E-state index in [2.05, 4.69) is 4.37 Å². The minimum absolute atomic E-state index is 0.00222. The van der Waals surface area contributed by atoms with Crippen LogP contribution in [0.3, 0.4) is 0 Å². The molecule has 0 fully saturated rings. The van der Waals surface area contributed by atoms with Gasteiger partial charge in [0.2, 0.25) is 0 Å². The zero-order chi connectivity index (χ0) is 10.0. The SMILES string of the molecule is NC(=O)c1c(NC(=O)O)s[nH]c1=S. The maximum absolute atomic E-state index is 10.8. The second-order valence-corrected chi connectivity index (χ2v) is 3.26. The molecule has 2 amide bonds. The monoisotopic (exact) mass is 219 g/mol. The lowest BCUT2D eigenvalue weighted by atomic mass is 10.3. The van der Waals surface area contributed by atoms with Crippen molar-refractivity contribution in [3.8, 4) is 0 Å². The number of hydrogen-bond donors (Lipinski definition) is 4. The van der Waals surface area contributed by atoms with Crippen molar-refractivity contribution in [2.24, 2.45) is 5.73 Å². The second-order valence-electron chi connectivity index (χ2n) is 2.03. The number of anilines is 1. The van der Waals surface area contributed by atoms with E-state index < -0.39 is 12.0 Å². The average molecular weight is 219 g/mol. The molecule has 0 aliphatic heterocycles. The summed E-state index contributed by atoms with van der Waals surface area (Å²) in [5, 5.41) is 10.5. The summed E-state index contributed by atoms with van der Waals surface area (Å²) in [5.41, 5.74) is 4.99. The van der Waals surface area contributed by atoms with E-state index in [-0.39, 0.29) is 15.2 Å². The van der Waals surface area contributed by atoms with E-state index in [9.17, 15) is 9.59 Å². The summed E-state index contributed by atoms with van der Waals surface area (Å²) < 4.78 is 2.69. The van der Waals surface area contributed by atoms with Crippen molar-refractivity contribution < 1.29 is 14.7 Å². The number of aromatic nitrogens is 1. The van der Waals surface area contributed by atoms with Crippen molar-refractivity contribution in [1.82, 2.24) is 4.37 Å². The van der Waals surface area contributed by atoms with E-state index in [1.807, 2.05) is 5.32 Å². The molecule has 1 aromatic heterocycles. The molecule has 0 aliphatic carbocycles. The lowest BCUT2D eigenvalue weighted by Crippen LogP contribution is -2.15. The van der Waals surface area contributed by atoms with E-state index in [1.54, 1.807) is 0 Å². The fourth-order valence-electron chi connectivity index (χ4n) is 0.711. The summed E-state index contributed by atoms with van der Waals surface area (Å²) in [7, 11) is 0. The van der Waals surface area contributed by atoms with Gasteiger partial charge >= 0.3 is 6.09 Å². The van der Waals surface area contributed by atoms with E-state index >= 15 is 0 Å². The van der Waals surface area contributed by atoms with Crippen molar-refractivity contribution in [3.63, 3.8) is 0 Å². The predicted molar refractivity (Wildman–Crippen MR) is 49.7 cm³/mol. The third-order valence-corrected chi connectivity index (χ3v) is 2.42. The highest BCUT2D eigenvalue weighted by atomic mass is 32.1. The van der Waals surface area contributed by atoms with Crippen molar-refractivity contribution in [2.45, 2.75) is 0 Å². The zero-order valence-corrected chi connectivity index (χ0v) is 7.79. The van der Waals surface area contributed by atoms with Gasteiger partial charge in [-0.1, -0.05) is 12.2 Å². The van der Waals surface area contributed by atoms with Crippen LogP contribution in [-0.4, -0.2) is 21.5 Å². The van der Waals surface area contributed by atoms with E-state index in [0.29, 0.717) is 0 Å². The third kappa shape index (κ3) is 2.04. The van der Waals surface area contributed by atoms with E-state index in [4.69, 9.17) is 23.1 Å². The Bertz CT molecular complexity index is 407. The zero-order valence-electron chi connectivity index (χ0n) is 6.16. The van der Waals surface area contributed by atoms with Gasteiger partial charge in [0.15, 0.2) is 0 Å². The van der Waals surface area contributed by atoms with Gasteiger partial charge < -0.3 is 10.8 Å². The van der Waals surface area contributed by atoms with Crippen LogP contribution in [0.25, 0.3) is 0 Å². The first-order valence-electron chi connectivity index (χ1n) is 3.03. The van der Waals surface area contributed by atoms with Crippen LogP contribution in [0, 0.1) is 4.64 Å². The lowest BCUT2D eigenvalue weighted by molar-refractivity contribution is 0.100. The van der Waals surface area contributed by atoms with Crippen LogP contribution < -0.4 is 11.1 Å². The van der Waals surface area contributed by atoms with Gasteiger partial charge in [-0.15, -0.1) is 0 Å². The topological polar surface area (TPSA) is 108 Å². The fourth-order valence-corrected chi connectivity index (χ4v) is 1.84. The molecule has 1 rings (SSSR count). The fraction of sp³-hybridized carbons (Fsp3) is 0. The number of carbonyl (C=O) groups is 2. The first-order chi connectivity index (χ1) is 6.02. The summed E-state index contributed by atoms with van der Waals surface area (Å²) >= 11 is 5.63. The van der Waals surface area contributed by atoms with Gasteiger partial charge in [-0.25, -0.2) is 4.79 Å². The molecule has 0 spiro atoms. The van der Waals surface area contributed by atoms with Gasteiger partial charge in [-0.3, -0.25) is 14.5 Å². The molecule has 0 unspecified atom stereocenters. The molecule has 1 aromatic rings. The highest BCUT2D eigenvalue weighted by molar-refractivity contribution is 7.71. The van der Waals surface area contributed by atoms with Crippen LogP contribution in [0.1, 0.15) is 10.4 Å². The van der Waals surface area contributed by atoms with Crippen LogP contribution >= 0.6 is 23.8 Å². The number of hydrogen-bond acceptors (Lipinski definition) is 4. The number of carboxylic acid groups (broad SMARTS) is 1. The Kier molecular flexibility index (Phi) is 2.63. The molecule has 0 bridgehead atoms. The Morgan fingerprint density at radius 1 is 1.62 bits per heavy atom. The Balaban J connectivity index is 3.15. The van der Waals surface area contributed by atoms with Gasteiger partial charge in [0.25, 0.3) is 5.91 Å².